The van der Waals surface area contributed by atoms with Crippen LogP contribution in [0.5, 0.6) is 0 Å². The Labute approximate surface area is 111 Å². The third-order valence-corrected chi connectivity index (χ3v) is 3.36. The lowest BCUT2D eigenvalue weighted by atomic mass is 10.1. The molecule has 6 heteroatoms. The van der Waals surface area contributed by atoms with Crippen LogP contribution in [0.1, 0.15) is 12.5 Å². The minimum Gasteiger partial charge on any atom is -0.258 e. The number of benzene rings is 1. The molecule has 1 heterocycles. The van der Waals surface area contributed by atoms with Crippen LogP contribution in [-0.2, 0) is 6.42 Å². The van der Waals surface area contributed by atoms with Crippen LogP contribution < -0.4 is 0 Å². The fraction of sp³-hybridized carbons (Fsp3) is 0.182. The van der Waals surface area contributed by atoms with E-state index in [-0.39, 0.29) is 10.7 Å². The van der Waals surface area contributed by atoms with Gasteiger partial charge in [-0.05, 0) is 24.1 Å². The summed E-state index contributed by atoms with van der Waals surface area (Å²) in [7, 11) is 0. The minimum absolute atomic E-state index is 0.135. The maximum atomic E-state index is 10.8. The van der Waals surface area contributed by atoms with Gasteiger partial charge in [0, 0.05) is 9.86 Å². The zero-order valence-corrected chi connectivity index (χ0v) is 11.2. The van der Waals surface area contributed by atoms with Crippen LogP contribution in [0.2, 0.25) is 5.02 Å². The van der Waals surface area contributed by atoms with Crippen molar-refractivity contribution in [2.24, 2.45) is 0 Å². The number of nitrogens with zero attached hydrogens (tertiary/aromatic N) is 2. The highest BCUT2D eigenvalue weighted by atomic mass is 79.9. The van der Waals surface area contributed by atoms with Crippen LogP contribution in [0.4, 0.5) is 5.69 Å². The summed E-state index contributed by atoms with van der Waals surface area (Å²) in [6.07, 6.45) is 1.99. The van der Waals surface area contributed by atoms with E-state index >= 15 is 0 Å². The molecule has 0 atom stereocenters. The first-order chi connectivity index (χ1) is 8.04. The first-order valence-corrected chi connectivity index (χ1v) is 6.12. The third-order valence-electron chi connectivity index (χ3n) is 2.51. The first kappa shape index (κ1) is 12.3. The Hall–Kier alpha value is -1.20. The lowest BCUT2D eigenvalue weighted by Gasteiger charge is -2.06. The van der Waals surface area contributed by atoms with Gasteiger partial charge in [-0.3, -0.25) is 10.1 Å². The van der Waals surface area contributed by atoms with Crippen LogP contribution in [0.3, 0.4) is 0 Å². The molecule has 0 saturated carbocycles. The number of halogens is 2. The molecule has 88 valence electrons. The standard InChI is InChI=1S/C11H8BrClN2O2/c1-2-6-3-7(12)4-8-10(13)9(15(16)17)5-14-11(6)8/h3-5H,2H2,1H3. The van der Waals surface area contributed by atoms with E-state index in [4.69, 9.17) is 11.6 Å². The van der Waals surface area contributed by atoms with E-state index in [1.165, 1.54) is 6.20 Å². The normalized spacial score (nSPS) is 10.8. The molecule has 1 aromatic heterocycles. The predicted octanol–water partition coefficient (Wildman–Crippen LogP) is 4.12. The fourth-order valence-corrected chi connectivity index (χ4v) is 2.46. The van der Waals surface area contributed by atoms with Gasteiger partial charge in [-0.1, -0.05) is 34.5 Å². The molecule has 0 bridgehead atoms. The zero-order chi connectivity index (χ0) is 12.6. The van der Waals surface area contributed by atoms with Crippen molar-refractivity contribution in [3.8, 4) is 0 Å². The predicted molar refractivity (Wildman–Crippen MR) is 70.5 cm³/mol. The maximum Gasteiger partial charge on any atom is 0.306 e. The zero-order valence-electron chi connectivity index (χ0n) is 8.91. The summed E-state index contributed by atoms with van der Waals surface area (Å²) in [4.78, 5) is 14.4. The number of hydrogen-bond acceptors (Lipinski definition) is 3. The molecule has 0 spiro atoms. The van der Waals surface area contributed by atoms with E-state index in [9.17, 15) is 10.1 Å². The lowest BCUT2D eigenvalue weighted by molar-refractivity contribution is -0.384. The third kappa shape index (κ3) is 2.12. The van der Waals surface area contributed by atoms with Crippen molar-refractivity contribution in [1.29, 1.82) is 0 Å². The smallest absolute Gasteiger partial charge is 0.258 e. The molecule has 0 amide bonds. The van der Waals surface area contributed by atoms with E-state index in [0.717, 1.165) is 16.5 Å². The number of fused-ring (bicyclic) bond motifs is 1. The van der Waals surface area contributed by atoms with Crippen molar-refractivity contribution in [1.82, 2.24) is 4.98 Å². The summed E-state index contributed by atoms with van der Waals surface area (Å²) < 4.78 is 0.839. The van der Waals surface area contributed by atoms with E-state index in [0.29, 0.717) is 10.9 Å². The average Bonchev–Trinajstić information content (AvgIpc) is 2.28. The molecule has 0 aliphatic rings. The van der Waals surface area contributed by atoms with Gasteiger partial charge in [-0.2, -0.15) is 0 Å². The summed E-state index contributed by atoms with van der Waals surface area (Å²) in [6, 6.07) is 3.69. The summed E-state index contributed by atoms with van der Waals surface area (Å²) >= 11 is 9.40. The molecule has 0 unspecified atom stereocenters. The molecule has 2 rings (SSSR count). The Balaban J connectivity index is 2.86. The largest absolute Gasteiger partial charge is 0.306 e. The SMILES string of the molecule is CCc1cc(Br)cc2c(Cl)c([N+](=O)[O-])cnc12. The van der Waals surface area contributed by atoms with E-state index < -0.39 is 4.92 Å². The minimum atomic E-state index is -0.526. The summed E-state index contributed by atoms with van der Waals surface area (Å²) in [5.74, 6) is 0. The Morgan fingerprint density at radius 2 is 2.24 bits per heavy atom. The van der Waals surface area contributed by atoms with Gasteiger partial charge >= 0.3 is 5.69 Å². The van der Waals surface area contributed by atoms with Crippen molar-refractivity contribution in [3.63, 3.8) is 0 Å². The van der Waals surface area contributed by atoms with E-state index in [2.05, 4.69) is 20.9 Å². The van der Waals surface area contributed by atoms with Crippen molar-refractivity contribution in [2.45, 2.75) is 13.3 Å². The van der Waals surface area contributed by atoms with Gasteiger partial charge in [0.05, 0.1) is 10.4 Å². The van der Waals surface area contributed by atoms with Crippen molar-refractivity contribution in [3.05, 3.63) is 43.5 Å². The summed E-state index contributed by atoms with van der Waals surface area (Å²) in [6.45, 7) is 2.00. The van der Waals surface area contributed by atoms with Crippen LogP contribution in [-0.4, -0.2) is 9.91 Å². The van der Waals surface area contributed by atoms with Gasteiger partial charge in [0.2, 0.25) is 0 Å². The number of nitro groups is 1. The van der Waals surface area contributed by atoms with Gasteiger partial charge in [0.1, 0.15) is 11.2 Å². The monoisotopic (exact) mass is 314 g/mol. The lowest BCUT2D eigenvalue weighted by Crippen LogP contribution is -1.94. The molecule has 4 nitrogen and oxygen atoms in total. The number of aromatic nitrogens is 1. The number of aryl methyl sites for hydroxylation is 1. The van der Waals surface area contributed by atoms with Gasteiger partial charge in [0.25, 0.3) is 0 Å². The Bertz CT molecular complexity index is 616. The van der Waals surface area contributed by atoms with Crippen LogP contribution >= 0.6 is 27.5 Å². The summed E-state index contributed by atoms with van der Waals surface area (Å²) in [5, 5.41) is 11.5. The number of hydrogen-bond donors (Lipinski definition) is 0. The number of pyridine rings is 1. The molecule has 17 heavy (non-hydrogen) atoms. The van der Waals surface area contributed by atoms with Crippen LogP contribution in [0, 0.1) is 10.1 Å². The average molecular weight is 316 g/mol. The topological polar surface area (TPSA) is 56.0 Å². The van der Waals surface area contributed by atoms with Gasteiger partial charge < -0.3 is 0 Å². The molecule has 0 fully saturated rings. The highest BCUT2D eigenvalue weighted by Crippen LogP contribution is 2.34. The highest BCUT2D eigenvalue weighted by Gasteiger charge is 2.17. The van der Waals surface area contributed by atoms with Crippen molar-refractivity contribution < 1.29 is 4.92 Å². The fourth-order valence-electron chi connectivity index (χ4n) is 1.69. The Kier molecular flexibility index (Phi) is 3.31. The Morgan fingerprint density at radius 3 is 2.82 bits per heavy atom. The van der Waals surface area contributed by atoms with Crippen molar-refractivity contribution in [2.75, 3.05) is 0 Å². The van der Waals surface area contributed by atoms with Crippen LogP contribution in [0.25, 0.3) is 10.9 Å². The molecule has 2 aromatic rings. The molecular formula is C11H8BrClN2O2. The number of rotatable bonds is 2. The molecule has 0 radical (unpaired) electrons. The molecule has 1 aromatic carbocycles. The maximum absolute atomic E-state index is 10.8. The second kappa shape index (κ2) is 4.58. The van der Waals surface area contributed by atoms with Gasteiger partial charge in [-0.25, -0.2) is 4.98 Å². The molecule has 0 aliphatic heterocycles. The van der Waals surface area contributed by atoms with Gasteiger partial charge in [0.15, 0.2) is 0 Å². The van der Waals surface area contributed by atoms with Gasteiger partial charge in [-0.15, -0.1) is 0 Å². The molecule has 0 saturated heterocycles. The van der Waals surface area contributed by atoms with Crippen LogP contribution in [0.15, 0.2) is 22.8 Å². The second-order valence-electron chi connectivity index (χ2n) is 3.53. The first-order valence-electron chi connectivity index (χ1n) is 4.95. The Morgan fingerprint density at radius 1 is 1.53 bits per heavy atom. The van der Waals surface area contributed by atoms with Crippen molar-refractivity contribution >= 4 is 44.1 Å². The molecule has 0 aliphatic carbocycles. The molecule has 0 N–H and O–H groups in total. The highest BCUT2D eigenvalue weighted by molar-refractivity contribution is 9.10. The quantitative estimate of drug-likeness (QED) is 0.618. The molecular weight excluding hydrogens is 307 g/mol. The summed E-state index contributed by atoms with van der Waals surface area (Å²) in [5.41, 5.74) is 1.55. The van der Waals surface area contributed by atoms with E-state index in [1.807, 2.05) is 13.0 Å². The van der Waals surface area contributed by atoms with E-state index in [1.54, 1.807) is 6.07 Å². The second-order valence-corrected chi connectivity index (χ2v) is 4.82.